The minimum atomic E-state index is -0.648. The van der Waals surface area contributed by atoms with Gasteiger partial charge in [0.2, 0.25) is 5.91 Å². The Balaban J connectivity index is 1.39. The van der Waals surface area contributed by atoms with Crippen molar-refractivity contribution in [1.29, 1.82) is 0 Å². The van der Waals surface area contributed by atoms with E-state index in [2.05, 4.69) is 15.6 Å². The van der Waals surface area contributed by atoms with E-state index in [9.17, 15) is 18.0 Å². The number of halogens is 3. The highest BCUT2D eigenvalue weighted by molar-refractivity contribution is 5.92. The number of carbonyl (C=O) groups is 1. The summed E-state index contributed by atoms with van der Waals surface area (Å²) in [5.41, 5.74) is 2.51. The van der Waals surface area contributed by atoms with E-state index in [1.54, 1.807) is 12.1 Å². The molecular formula is C23H22F3N3O. The van der Waals surface area contributed by atoms with Crippen LogP contribution >= 0.6 is 0 Å². The zero-order chi connectivity index (χ0) is 20.8. The molecule has 0 unspecified atom stereocenters. The fourth-order valence-corrected chi connectivity index (χ4v) is 4.27. The fourth-order valence-electron chi connectivity index (χ4n) is 4.27. The molecule has 2 aliphatic rings. The molecular weight excluding hydrogens is 391 g/mol. The Morgan fingerprint density at radius 1 is 1.00 bits per heavy atom. The van der Waals surface area contributed by atoms with Crippen LogP contribution < -0.4 is 10.6 Å². The first-order valence-corrected chi connectivity index (χ1v) is 10.3. The van der Waals surface area contributed by atoms with E-state index in [1.165, 1.54) is 18.2 Å². The normalized spacial score (nSPS) is 20.9. The number of aromatic nitrogens is 1. The zero-order valence-corrected chi connectivity index (χ0v) is 16.3. The van der Waals surface area contributed by atoms with Crippen molar-refractivity contribution >= 4 is 16.8 Å². The molecule has 5 rings (SSSR count). The number of benzene rings is 2. The molecule has 1 aromatic heterocycles. The molecule has 3 N–H and O–H groups in total. The van der Waals surface area contributed by atoms with Gasteiger partial charge in [0, 0.05) is 23.5 Å². The fraction of sp³-hybridized carbons (Fsp3) is 0.348. The van der Waals surface area contributed by atoms with Gasteiger partial charge in [0.05, 0.1) is 17.8 Å². The summed E-state index contributed by atoms with van der Waals surface area (Å²) in [6, 6.07) is 8.69. The van der Waals surface area contributed by atoms with E-state index >= 15 is 0 Å². The molecule has 0 atom stereocenters. The van der Waals surface area contributed by atoms with Crippen LogP contribution in [0.3, 0.4) is 0 Å². The first kappa shape index (κ1) is 19.2. The Hall–Kier alpha value is -2.80. The van der Waals surface area contributed by atoms with Crippen LogP contribution in [0.1, 0.15) is 37.2 Å². The van der Waals surface area contributed by atoms with E-state index in [0.717, 1.165) is 42.9 Å². The van der Waals surface area contributed by atoms with E-state index < -0.39 is 11.6 Å². The number of hydrogen-bond acceptors (Lipinski definition) is 2. The van der Waals surface area contributed by atoms with Gasteiger partial charge in [-0.25, -0.2) is 13.2 Å². The topological polar surface area (TPSA) is 56.9 Å². The van der Waals surface area contributed by atoms with E-state index in [4.69, 9.17) is 0 Å². The second kappa shape index (κ2) is 7.47. The highest BCUT2D eigenvalue weighted by Crippen LogP contribution is 2.45. The number of aromatic amines is 1. The van der Waals surface area contributed by atoms with Crippen molar-refractivity contribution in [3.8, 4) is 11.3 Å². The average molecular weight is 413 g/mol. The lowest BCUT2D eigenvalue weighted by molar-refractivity contribution is -0.120. The summed E-state index contributed by atoms with van der Waals surface area (Å²) in [4.78, 5) is 15.0. The molecule has 1 heterocycles. The average Bonchev–Trinajstić information content (AvgIpc) is 3.40. The third-order valence-corrected chi connectivity index (χ3v) is 6.04. The lowest BCUT2D eigenvalue weighted by Gasteiger charge is -2.36. The van der Waals surface area contributed by atoms with Gasteiger partial charge < -0.3 is 15.6 Å². The zero-order valence-electron chi connectivity index (χ0n) is 16.3. The summed E-state index contributed by atoms with van der Waals surface area (Å²) in [6.07, 6.45) is 3.63. The first-order valence-electron chi connectivity index (χ1n) is 10.3. The Bertz CT molecular complexity index is 1100. The van der Waals surface area contributed by atoms with Gasteiger partial charge in [0.25, 0.3) is 0 Å². The van der Waals surface area contributed by atoms with Crippen molar-refractivity contribution in [1.82, 2.24) is 15.6 Å². The van der Waals surface area contributed by atoms with Crippen molar-refractivity contribution in [2.75, 3.05) is 6.54 Å². The van der Waals surface area contributed by atoms with Gasteiger partial charge in [-0.2, -0.15) is 0 Å². The van der Waals surface area contributed by atoms with Gasteiger partial charge in [-0.15, -0.1) is 0 Å². The lowest BCUT2D eigenvalue weighted by Crippen LogP contribution is -2.45. The highest BCUT2D eigenvalue weighted by Gasteiger charge is 2.35. The van der Waals surface area contributed by atoms with Crippen LogP contribution in [-0.4, -0.2) is 29.5 Å². The second-order valence-electron chi connectivity index (χ2n) is 8.32. The maximum absolute atomic E-state index is 14.4. The van der Waals surface area contributed by atoms with Crippen molar-refractivity contribution in [2.24, 2.45) is 0 Å². The molecule has 0 spiro atoms. The maximum Gasteiger partial charge on any atom is 0.234 e. The molecule has 30 heavy (non-hydrogen) atoms. The van der Waals surface area contributed by atoms with Crippen LogP contribution in [0.15, 0.2) is 36.4 Å². The van der Waals surface area contributed by atoms with Crippen molar-refractivity contribution in [2.45, 2.75) is 43.7 Å². The summed E-state index contributed by atoms with van der Waals surface area (Å²) in [5, 5.41) is 6.72. The minimum Gasteiger partial charge on any atom is -0.352 e. The lowest BCUT2D eigenvalue weighted by atomic mass is 9.74. The van der Waals surface area contributed by atoms with Gasteiger partial charge in [-0.1, -0.05) is 0 Å². The quantitative estimate of drug-likeness (QED) is 0.562. The van der Waals surface area contributed by atoms with Crippen LogP contribution in [0.25, 0.3) is 22.2 Å². The van der Waals surface area contributed by atoms with Gasteiger partial charge in [-0.3, -0.25) is 4.79 Å². The van der Waals surface area contributed by atoms with Crippen LogP contribution in [0.2, 0.25) is 0 Å². The third-order valence-electron chi connectivity index (χ3n) is 6.04. The largest absolute Gasteiger partial charge is 0.352 e. The van der Waals surface area contributed by atoms with Crippen LogP contribution in [0.5, 0.6) is 0 Å². The van der Waals surface area contributed by atoms with Crippen molar-refractivity contribution < 1.29 is 18.0 Å². The number of hydrogen-bond donors (Lipinski definition) is 3. The Labute approximate surface area is 171 Å². The molecule has 2 aliphatic carbocycles. The van der Waals surface area contributed by atoms with Gasteiger partial charge in [0.1, 0.15) is 17.5 Å². The molecule has 0 bridgehead atoms. The molecule has 2 saturated carbocycles. The smallest absolute Gasteiger partial charge is 0.234 e. The summed E-state index contributed by atoms with van der Waals surface area (Å²) < 4.78 is 41.8. The molecule has 3 aromatic rings. The third kappa shape index (κ3) is 3.69. The Morgan fingerprint density at radius 3 is 2.43 bits per heavy atom. The van der Waals surface area contributed by atoms with Crippen LogP contribution in [-0.2, 0) is 4.79 Å². The molecule has 4 nitrogen and oxygen atoms in total. The standard InChI is InChI=1S/C23H22F3N3O/c24-14-3-1-12(2-4-14)22-21(18-9-15(25)10-19(26)23(18)29-22)13-7-17(8-13)27-11-20(30)28-16-5-6-16/h1-4,9-10,13,16-17,27,29H,5-8,11H2,(H,28,30)/t13-,17-. The van der Waals surface area contributed by atoms with E-state index in [-0.39, 0.29) is 35.7 Å². The number of fused-ring (bicyclic) bond motifs is 1. The molecule has 7 heteroatoms. The predicted molar refractivity (Wildman–Crippen MR) is 109 cm³/mol. The molecule has 2 aromatic carbocycles. The second-order valence-corrected chi connectivity index (χ2v) is 8.32. The number of rotatable bonds is 6. The molecule has 0 saturated heterocycles. The van der Waals surface area contributed by atoms with Gasteiger partial charge in [0.15, 0.2) is 0 Å². The van der Waals surface area contributed by atoms with Crippen molar-refractivity contribution in [3.05, 3.63) is 59.4 Å². The van der Waals surface area contributed by atoms with Gasteiger partial charge >= 0.3 is 0 Å². The summed E-state index contributed by atoms with van der Waals surface area (Å²) in [7, 11) is 0. The number of H-pyrrole nitrogens is 1. The molecule has 0 aliphatic heterocycles. The molecule has 0 radical (unpaired) electrons. The van der Waals surface area contributed by atoms with E-state index in [0.29, 0.717) is 17.1 Å². The Morgan fingerprint density at radius 2 is 1.73 bits per heavy atom. The van der Waals surface area contributed by atoms with Crippen LogP contribution in [0, 0.1) is 17.5 Å². The number of carbonyl (C=O) groups excluding carboxylic acids is 1. The summed E-state index contributed by atoms with van der Waals surface area (Å²) in [6.45, 7) is 0.274. The molecule has 156 valence electrons. The predicted octanol–water partition coefficient (Wildman–Crippen LogP) is 4.37. The molecule has 2 fully saturated rings. The van der Waals surface area contributed by atoms with E-state index in [1.807, 2.05) is 0 Å². The number of amides is 1. The SMILES string of the molecule is O=C(CN[C@H]1C[C@H](c2c(-c3ccc(F)cc3)[nH]c3c(F)cc(F)cc32)C1)NC1CC1. The highest BCUT2D eigenvalue weighted by atomic mass is 19.1. The van der Waals surface area contributed by atoms with Gasteiger partial charge in [-0.05, 0) is 73.1 Å². The molecule has 1 amide bonds. The maximum atomic E-state index is 14.4. The van der Waals surface area contributed by atoms with Crippen LogP contribution in [0.4, 0.5) is 13.2 Å². The summed E-state index contributed by atoms with van der Waals surface area (Å²) in [5.74, 6) is -1.54. The van der Waals surface area contributed by atoms with Crippen molar-refractivity contribution in [3.63, 3.8) is 0 Å². The Kier molecular flexibility index (Phi) is 4.77. The summed E-state index contributed by atoms with van der Waals surface area (Å²) >= 11 is 0. The number of nitrogens with one attached hydrogen (secondary N) is 3. The minimum absolute atomic E-state index is 0.00388. The first-order chi connectivity index (χ1) is 14.5. The monoisotopic (exact) mass is 413 g/mol.